The summed E-state index contributed by atoms with van der Waals surface area (Å²) in [7, 11) is -4.09. The molecule has 0 unspecified atom stereocenters. The number of hydrogen-bond donors (Lipinski definition) is 3. The van der Waals surface area contributed by atoms with Gasteiger partial charge in [0.25, 0.3) is 0 Å². The van der Waals surface area contributed by atoms with Gasteiger partial charge in [0.2, 0.25) is 10.0 Å². The van der Waals surface area contributed by atoms with Crippen molar-refractivity contribution in [3.63, 3.8) is 0 Å². The summed E-state index contributed by atoms with van der Waals surface area (Å²) in [6.07, 6.45) is 1.21. The molecule has 20 heavy (non-hydrogen) atoms. The fourth-order valence-electron chi connectivity index (χ4n) is 1.51. The Morgan fingerprint density at radius 2 is 2.20 bits per heavy atom. The number of rotatable bonds is 5. The lowest BCUT2D eigenvalue weighted by molar-refractivity contribution is -0.386. The van der Waals surface area contributed by atoms with Gasteiger partial charge in [-0.25, -0.2) is 18.1 Å². The highest BCUT2D eigenvalue weighted by Gasteiger charge is 2.27. The predicted octanol–water partition coefficient (Wildman–Crippen LogP) is -0.226. The molecule has 0 radical (unpaired) electrons. The summed E-state index contributed by atoms with van der Waals surface area (Å²) in [6.45, 7) is -0.172. The summed E-state index contributed by atoms with van der Waals surface area (Å²) >= 11 is 0. The Kier molecular flexibility index (Phi) is 3.63. The van der Waals surface area contributed by atoms with Gasteiger partial charge in [-0.15, -0.1) is 0 Å². The molecule has 11 heteroatoms. The fourth-order valence-corrected chi connectivity index (χ4v) is 2.70. The average molecular weight is 298 g/mol. The molecular formula is C9H10N6O4S. The minimum absolute atomic E-state index is 0.172. The number of benzene rings is 1. The number of para-hydroxylation sites is 1. The van der Waals surface area contributed by atoms with Crippen LogP contribution in [-0.4, -0.2) is 28.5 Å². The molecule has 0 spiro atoms. The normalized spacial score (nSPS) is 11.4. The monoisotopic (exact) mass is 298 g/mol. The zero-order chi connectivity index (χ0) is 14.8. The van der Waals surface area contributed by atoms with E-state index in [1.54, 1.807) is 0 Å². The van der Waals surface area contributed by atoms with E-state index in [1.165, 1.54) is 18.5 Å². The molecule has 1 aromatic heterocycles. The summed E-state index contributed by atoms with van der Waals surface area (Å²) in [5.74, 6) is 0.278. The molecule has 10 nitrogen and oxygen atoms in total. The number of nitro groups is 1. The number of anilines is 1. The third kappa shape index (κ3) is 2.73. The van der Waals surface area contributed by atoms with Gasteiger partial charge in [0.1, 0.15) is 17.8 Å². The lowest BCUT2D eigenvalue weighted by atomic mass is 10.3. The maximum Gasteiger partial charge on any atom is 0.312 e. The van der Waals surface area contributed by atoms with Crippen molar-refractivity contribution in [1.29, 1.82) is 0 Å². The van der Waals surface area contributed by atoms with Gasteiger partial charge in [-0.05, 0) is 12.1 Å². The number of nitrogens with two attached hydrogens (primary N) is 1. The van der Waals surface area contributed by atoms with Gasteiger partial charge in [0.15, 0.2) is 4.90 Å². The average Bonchev–Trinajstić information content (AvgIpc) is 2.89. The lowest BCUT2D eigenvalue weighted by Gasteiger charge is -2.07. The Morgan fingerprint density at radius 1 is 1.45 bits per heavy atom. The lowest BCUT2D eigenvalue weighted by Crippen LogP contribution is -2.25. The van der Waals surface area contributed by atoms with Crippen molar-refractivity contribution in [1.82, 2.24) is 19.9 Å². The number of H-pyrrole nitrogens is 1. The summed E-state index contributed by atoms with van der Waals surface area (Å²) in [4.78, 5) is 13.3. The number of hydrogen-bond acceptors (Lipinski definition) is 7. The van der Waals surface area contributed by atoms with E-state index < -0.39 is 25.5 Å². The van der Waals surface area contributed by atoms with Crippen LogP contribution >= 0.6 is 0 Å². The van der Waals surface area contributed by atoms with Gasteiger partial charge >= 0.3 is 5.69 Å². The molecule has 0 saturated carbocycles. The van der Waals surface area contributed by atoms with Crippen LogP contribution < -0.4 is 10.5 Å². The second-order valence-electron chi connectivity index (χ2n) is 3.71. The second-order valence-corrected chi connectivity index (χ2v) is 5.44. The summed E-state index contributed by atoms with van der Waals surface area (Å²) in [5, 5.41) is 16.9. The quantitative estimate of drug-likeness (QED) is 0.391. The Labute approximate surface area is 113 Å². The van der Waals surface area contributed by atoms with Crippen molar-refractivity contribution in [3.05, 3.63) is 40.5 Å². The molecule has 0 fully saturated rings. The zero-order valence-electron chi connectivity index (χ0n) is 9.98. The van der Waals surface area contributed by atoms with E-state index in [1.807, 2.05) is 0 Å². The maximum absolute atomic E-state index is 12.1. The van der Waals surface area contributed by atoms with Crippen LogP contribution in [0.15, 0.2) is 29.4 Å². The van der Waals surface area contributed by atoms with E-state index in [2.05, 4.69) is 19.9 Å². The SMILES string of the molecule is Nc1cccc(S(=O)(=O)NCc2ncn[nH]2)c1[N+](=O)[O-]. The third-order valence-electron chi connectivity index (χ3n) is 2.40. The molecule has 0 aliphatic rings. The number of aromatic amines is 1. The van der Waals surface area contributed by atoms with Crippen molar-refractivity contribution < 1.29 is 13.3 Å². The fraction of sp³-hybridized carbons (Fsp3) is 0.111. The Balaban J connectivity index is 2.34. The van der Waals surface area contributed by atoms with E-state index >= 15 is 0 Å². The standard InChI is InChI=1S/C9H10N6O4S/c10-6-2-1-3-7(9(6)15(16)17)20(18,19)13-4-8-11-5-12-14-8/h1-3,5,13H,4,10H2,(H,11,12,14). The van der Waals surface area contributed by atoms with Crippen molar-refractivity contribution in [2.24, 2.45) is 0 Å². The first kappa shape index (κ1) is 13.9. The third-order valence-corrected chi connectivity index (χ3v) is 3.83. The van der Waals surface area contributed by atoms with Crippen LogP contribution in [-0.2, 0) is 16.6 Å². The van der Waals surface area contributed by atoms with E-state index in [0.29, 0.717) is 0 Å². The number of nitrogens with one attached hydrogen (secondary N) is 2. The molecule has 1 aromatic carbocycles. The minimum atomic E-state index is -4.09. The van der Waals surface area contributed by atoms with Crippen LogP contribution in [0.3, 0.4) is 0 Å². The van der Waals surface area contributed by atoms with Crippen LogP contribution in [0.1, 0.15) is 5.82 Å². The van der Waals surface area contributed by atoms with Crippen LogP contribution in [0.2, 0.25) is 0 Å². The summed E-state index contributed by atoms with van der Waals surface area (Å²) < 4.78 is 26.3. The van der Waals surface area contributed by atoms with Gasteiger partial charge in [0.05, 0.1) is 11.5 Å². The Hall–Kier alpha value is -2.53. The first-order valence-corrected chi connectivity index (χ1v) is 6.77. The number of sulfonamides is 1. The number of nitrogen functional groups attached to an aromatic ring is 1. The van der Waals surface area contributed by atoms with Crippen LogP contribution in [0.25, 0.3) is 0 Å². The second kappa shape index (κ2) is 5.22. The number of nitro benzene ring substituents is 1. The summed E-state index contributed by atoms with van der Waals surface area (Å²) in [5.41, 5.74) is 4.57. The van der Waals surface area contributed by atoms with Crippen LogP contribution in [0.5, 0.6) is 0 Å². The van der Waals surface area contributed by atoms with E-state index in [4.69, 9.17) is 5.73 Å². The molecule has 4 N–H and O–H groups in total. The van der Waals surface area contributed by atoms with Crippen molar-refractivity contribution in [2.75, 3.05) is 5.73 Å². The van der Waals surface area contributed by atoms with E-state index in [0.717, 1.165) is 6.07 Å². The Bertz CT molecular complexity index is 727. The van der Waals surface area contributed by atoms with E-state index in [9.17, 15) is 18.5 Å². The highest BCUT2D eigenvalue weighted by atomic mass is 32.2. The molecule has 2 rings (SSSR count). The summed E-state index contributed by atoms with van der Waals surface area (Å²) in [6, 6.07) is 3.69. The van der Waals surface area contributed by atoms with Crippen LogP contribution in [0.4, 0.5) is 11.4 Å². The molecule has 1 heterocycles. The van der Waals surface area contributed by atoms with Crippen LogP contribution in [0, 0.1) is 10.1 Å². The molecule has 0 amide bonds. The number of aromatic nitrogens is 3. The van der Waals surface area contributed by atoms with Gasteiger partial charge in [-0.2, -0.15) is 5.10 Å². The number of nitrogens with zero attached hydrogens (tertiary/aromatic N) is 3. The van der Waals surface area contributed by atoms with Crippen molar-refractivity contribution in [3.8, 4) is 0 Å². The van der Waals surface area contributed by atoms with Gasteiger partial charge in [0, 0.05) is 0 Å². The highest BCUT2D eigenvalue weighted by Crippen LogP contribution is 2.29. The Morgan fingerprint density at radius 3 is 2.80 bits per heavy atom. The molecule has 106 valence electrons. The van der Waals surface area contributed by atoms with Gasteiger partial charge in [-0.3, -0.25) is 15.2 Å². The smallest absolute Gasteiger partial charge is 0.312 e. The molecule has 2 aromatic rings. The largest absolute Gasteiger partial charge is 0.393 e. The topological polar surface area (TPSA) is 157 Å². The molecule has 0 saturated heterocycles. The van der Waals surface area contributed by atoms with Gasteiger partial charge < -0.3 is 5.73 Å². The highest BCUT2D eigenvalue weighted by molar-refractivity contribution is 7.89. The predicted molar refractivity (Wildman–Crippen MR) is 67.9 cm³/mol. The molecule has 0 aliphatic heterocycles. The molecule has 0 atom stereocenters. The molecule has 0 aliphatic carbocycles. The van der Waals surface area contributed by atoms with Crippen molar-refractivity contribution >= 4 is 21.4 Å². The molecular weight excluding hydrogens is 288 g/mol. The van der Waals surface area contributed by atoms with Crippen molar-refractivity contribution in [2.45, 2.75) is 11.4 Å². The maximum atomic E-state index is 12.1. The first-order valence-electron chi connectivity index (χ1n) is 5.28. The molecule has 0 bridgehead atoms. The first-order chi connectivity index (χ1) is 9.42. The van der Waals surface area contributed by atoms with Gasteiger partial charge in [-0.1, -0.05) is 6.07 Å². The zero-order valence-corrected chi connectivity index (χ0v) is 10.8. The minimum Gasteiger partial charge on any atom is -0.393 e. The van der Waals surface area contributed by atoms with E-state index in [-0.39, 0.29) is 18.1 Å².